The number of nitrogens with one attached hydrogen (secondary N) is 1. The minimum atomic E-state index is -0.513. The van der Waals surface area contributed by atoms with Crippen LogP contribution in [-0.4, -0.2) is 30.3 Å². The summed E-state index contributed by atoms with van der Waals surface area (Å²) in [4.78, 5) is 12.3. The number of carbonyl (C=O) groups is 1. The van der Waals surface area contributed by atoms with Crippen molar-refractivity contribution in [3.05, 3.63) is 54.4 Å². The lowest BCUT2D eigenvalue weighted by Crippen LogP contribution is -2.13. The summed E-state index contributed by atoms with van der Waals surface area (Å²) in [5, 5.41) is 10.4. The van der Waals surface area contributed by atoms with Gasteiger partial charge in [-0.1, -0.05) is 18.2 Å². The molecular weight excluding hydrogens is 310 g/mol. The highest BCUT2D eigenvalue weighted by molar-refractivity contribution is 6.01. The van der Waals surface area contributed by atoms with Gasteiger partial charge in [0.05, 0.1) is 19.9 Å². The van der Waals surface area contributed by atoms with Crippen LogP contribution in [0.2, 0.25) is 0 Å². The maximum absolute atomic E-state index is 12.3. The van der Waals surface area contributed by atoms with Gasteiger partial charge in [-0.3, -0.25) is 4.79 Å². The van der Waals surface area contributed by atoms with Crippen molar-refractivity contribution in [2.24, 2.45) is 0 Å². The van der Waals surface area contributed by atoms with E-state index >= 15 is 0 Å². The molecule has 0 fully saturated rings. The molecule has 24 heavy (non-hydrogen) atoms. The molecule has 0 bridgehead atoms. The van der Waals surface area contributed by atoms with E-state index in [1.165, 1.54) is 7.11 Å². The largest absolute Gasteiger partial charge is 0.497 e. The van der Waals surface area contributed by atoms with Crippen molar-refractivity contribution in [1.82, 2.24) is 10.2 Å². The van der Waals surface area contributed by atoms with Gasteiger partial charge in [-0.05, 0) is 30.3 Å². The lowest BCUT2D eigenvalue weighted by molar-refractivity contribution is 0.0990. The lowest BCUT2D eigenvalue weighted by atomic mass is 10.2. The summed E-state index contributed by atoms with van der Waals surface area (Å²) < 4.78 is 15.8. The molecule has 122 valence electrons. The molecule has 0 saturated heterocycles. The molecule has 0 saturated carbocycles. The number of amides is 1. The predicted octanol–water partition coefficient (Wildman–Crippen LogP) is 3.01. The first kappa shape index (κ1) is 15.5. The highest BCUT2D eigenvalue weighted by Gasteiger charge is 2.17. The molecule has 1 amide bonds. The van der Waals surface area contributed by atoms with Gasteiger partial charge >= 0.3 is 11.8 Å². The molecule has 0 aliphatic heterocycles. The van der Waals surface area contributed by atoms with Crippen LogP contribution in [-0.2, 0) is 0 Å². The summed E-state index contributed by atoms with van der Waals surface area (Å²) >= 11 is 0. The Morgan fingerprint density at radius 1 is 1.04 bits per heavy atom. The van der Waals surface area contributed by atoms with E-state index in [1.54, 1.807) is 49.6 Å². The Balaban J connectivity index is 1.81. The zero-order chi connectivity index (χ0) is 16.9. The predicted molar refractivity (Wildman–Crippen MR) is 87.2 cm³/mol. The molecule has 1 N–H and O–H groups in total. The van der Waals surface area contributed by atoms with E-state index in [0.29, 0.717) is 22.7 Å². The Labute approximate surface area is 138 Å². The van der Waals surface area contributed by atoms with E-state index in [-0.39, 0.29) is 11.8 Å². The first-order valence-electron chi connectivity index (χ1n) is 7.13. The molecule has 1 heterocycles. The molecule has 0 atom stereocenters. The van der Waals surface area contributed by atoms with Crippen LogP contribution >= 0.6 is 0 Å². The van der Waals surface area contributed by atoms with Crippen molar-refractivity contribution in [2.45, 2.75) is 0 Å². The molecule has 3 aromatic rings. The average Bonchev–Trinajstić information content (AvgIpc) is 3.12. The Morgan fingerprint density at radius 2 is 1.88 bits per heavy atom. The van der Waals surface area contributed by atoms with Crippen LogP contribution in [0.4, 0.5) is 5.69 Å². The molecule has 7 heteroatoms. The number of aromatic nitrogens is 2. The van der Waals surface area contributed by atoms with E-state index in [9.17, 15) is 4.79 Å². The Bertz CT molecular complexity index is 860. The molecular formula is C17H15N3O4. The maximum Gasteiger partial charge on any atom is 0.313 e. The van der Waals surface area contributed by atoms with Crippen LogP contribution in [0.1, 0.15) is 10.7 Å². The van der Waals surface area contributed by atoms with Crippen molar-refractivity contribution in [3.8, 4) is 23.0 Å². The Hall–Kier alpha value is -3.35. The second-order valence-corrected chi connectivity index (χ2v) is 4.80. The molecule has 7 nitrogen and oxygen atoms in total. The standard InChI is InChI=1S/C17H15N3O4/c1-22-12-7-5-6-11(10-12)16-19-20-17(24-16)15(21)18-13-8-3-4-9-14(13)23-2/h3-10H,1-2H3,(H,18,21). The van der Waals surface area contributed by atoms with Gasteiger partial charge in [-0.2, -0.15) is 0 Å². The number of methoxy groups -OCH3 is 2. The van der Waals surface area contributed by atoms with Crippen LogP contribution in [0.5, 0.6) is 11.5 Å². The third kappa shape index (κ3) is 3.19. The van der Waals surface area contributed by atoms with Crippen LogP contribution in [0.15, 0.2) is 52.9 Å². The second-order valence-electron chi connectivity index (χ2n) is 4.80. The quantitative estimate of drug-likeness (QED) is 0.776. The van der Waals surface area contributed by atoms with Gasteiger partial charge in [0.2, 0.25) is 5.89 Å². The summed E-state index contributed by atoms with van der Waals surface area (Å²) in [6.45, 7) is 0. The average molecular weight is 325 g/mol. The van der Waals surface area contributed by atoms with Crippen molar-refractivity contribution in [3.63, 3.8) is 0 Å². The first-order valence-corrected chi connectivity index (χ1v) is 7.13. The van der Waals surface area contributed by atoms with E-state index in [2.05, 4.69) is 15.5 Å². The monoisotopic (exact) mass is 325 g/mol. The van der Waals surface area contributed by atoms with Crippen molar-refractivity contribution < 1.29 is 18.7 Å². The number of benzene rings is 2. The van der Waals surface area contributed by atoms with E-state index < -0.39 is 5.91 Å². The third-order valence-corrected chi connectivity index (χ3v) is 3.29. The van der Waals surface area contributed by atoms with Gasteiger partial charge in [0.15, 0.2) is 0 Å². The zero-order valence-corrected chi connectivity index (χ0v) is 13.1. The topological polar surface area (TPSA) is 86.5 Å². The normalized spacial score (nSPS) is 10.2. The minimum Gasteiger partial charge on any atom is -0.497 e. The van der Waals surface area contributed by atoms with Crippen molar-refractivity contribution >= 4 is 11.6 Å². The van der Waals surface area contributed by atoms with Crippen LogP contribution in [0, 0.1) is 0 Å². The summed E-state index contributed by atoms with van der Waals surface area (Å²) in [5.41, 5.74) is 1.18. The highest BCUT2D eigenvalue weighted by atomic mass is 16.5. The lowest BCUT2D eigenvalue weighted by Gasteiger charge is -2.07. The fourth-order valence-corrected chi connectivity index (χ4v) is 2.11. The highest BCUT2D eigenvalue weighted by Crippen LogP contribution is 2.25. The van der Waals surface area contributed by atoms with Gasteiger partial charge in [-0.25, -0.2) is 0 Å². The fourth-order valence-electron chi connectivity index (χ4n) is 2.11. The fraction of sp³-hybridized carbons (Fsp3) is 0.118. The number of hydrogen-bond donors (Lipinski definition) is 1. The molecule has 0 unspecified atom stereocenters. The van der Waals surface area contributed by atoms with Crippen LogP contribution in [0.25, 0.3) is 11.5 Å². The number of carbonyl (C=O) groups excluding carboxylic acids is 1. The van der Waals surface area contributed by atoms with Crippen molar-refractivity contribution in [1.29, 1.82) is 0 Å². The summed E-state index contributed by atoms with van der Waals surface area (Å²) in [6, 6.07) is 14.2. The third-order valence-electron chi connectivity index (χ3n) is 3.29. The number of hydrogen-bond acceptors (Lipinski definition) is 6. The van der Waals surface area contributed by atoms with Gasteiger partial charge in [0.25, 0.3) is 0 Å². The molecule has 0 aliphatic rings. The number of rotatable bonds is 5. The van der Waals surface area contributed by atoms with E-state index in [1.807, 2.05) is 6.07 Å². The Morgan fingerprint density at radius 3 is 2.67 bits per heavy atom. The molecule has 0 aliphatic carbocycles. The van der Waals surface area contributed by atoms with Crippen LogP contribution < -0.4 is 14.8 Å². The number of ether oxygens (including phenoxy) is 2. The smallest absolute Gasteiger partial charge is 0.313 e. The number of nitrogens with zero attached hydrogens (tertiary/aromatic N) is 2. The Kier molecular flexibility index (Phi) is 4.42. The van der Waals surface area contributed by atoms with Gasteiger partial charge in [0.1, 0.15) is 11.5 Å². The van der Waals surface area contributed by atoms with E-state index in [4.69, 9.17) is 13.9 Å². The number of anilines is 1. The second kappa shape index (κ2) is 6.82. The zero-order valence-electron chi connectivity index (χ0n) is 13.1. The summed E-state index contributed by atoms with van der Waals surface area (Å²) in [6.07, 6.45) is 0. The molecule has 1 aromatic heterocycles. The van der Waals surface area contributed by atoms with E-state index in [0.717, 1.165) is 0 Å². The van der Waals surface area contributed by atoms with Crippen molar-refractivity contribution in [2.75, 3.05) is 19.5 Å². The maximum atomic E-state index is 12.3. The summed E-state index contributed by atoms with van der Waals surface area (Å²) in [7, 11) is 3.09. The minimum absolute atomic E-state index is 0.140. The van der Waals surface area contributed by atoms with Gasteiger partial charge in [0, 0.05) is 5.56 Å². The van der Waals surface area contributed by atoms with Gasteiger partial charge < -0.3 is 19.2 Å². The number of para-hydroxylation sites is 2. The molecule has 3 rings (SSSR count). The first-order chi connectivity index (χ1) is 11.7. The van der Waals surface area contributed by atoms with Crippen LogP contribution in [0.3, 0.4) is 0 Å². The molecule has 0 spiro atoms. The SMILES string of the molecule is COc1cccc(-c2nnc(C(=O)Nc3ccccc3OC)o2)c1. The molecule has 2 aromatic carbocycles. The molecule has 0 radical (unpaired) electrons. The van der Waals surface area contributed by atoms with Gasteiger partial charge in [-0.15, -0.1) is 10.2 Å². The summed E-state index contributed by atoms with van der Waals surface area (Å²) in [5.74, 6) is 0.781.